The molecule has 0 saturated heterocycles. The first kappa shape index (κ1) is 22.5. The molecule has 2 fully saturated rings. The maximum atomic E-state index is 12.4. The summed E-state index contributed by atoms with van der Waals surface area (Å²) < 4.78 is 16.5. The molecule has 0 amide bonds. The maximum absolute atomic E-state index is 12.4. The molecule has 3 aliphatic rings. The van der Waals surface area contributed by atoms with E-state index in [0.29, 0.717) is 12.0 Å². The second kappa shape index (κ2) is 7.20. The van der Waals surface area contributed by atoms with Crippen LogP contribution in [0.2, 0.25) is 0 Å². The van der Waals surface area contributed by atoms with E-state index in [4.69, 9.17) is 14.2 Å². The van der Waals surface area contributed by atoms with Gasteiger partial charge in [0.25, 0.3) is 0 Å². The average molecular weight is 422 g/mol. The summed E-state index contributed by atoms with van der Waals surface area (Å²) in [6.07, 6.45) is 0.276. The van der Waals surface area contributed by atoms with Gasteiger partial charge in [0, 0.05) is 35.8 Å². The van der Waals surface area contributed by atoms with E-state index in [-0.39, 0.29) is 24.0 Å². The molecule has 2 N–H and O–H groups in total. The fourth-order valence-electron chi connectivity index (χ4n) is 5.25. The van der Waals surface area contributed by atoms with Crippen LogP contribution in [0.4, 0.5) is 0 Å². The largest absolute Gasteiger partial charge is 0.459 e. The molecule has 30 heavy (non-hydrogen) atoms. The number of ether oxygens (including phenoxy) is 3. The van der Waals surface area contributed by atoms with Gasteiger partial charge in [-0.3, -0.25) is 4.79 Å². The molecule has 166 valence electrons. The van der Waals surface area contributed by atoms with Crippen LogP contribution < -0.4 is 0 Å². The summed E-state index contributed by atoms with van der Waals surface area (Å²) in [5, 5.41) is 22.8. The molecule has 0 bridgehead atoms. The standard InChI is InChI=1S/C22H30O8/c1-7-11(2)18(24)29-15-8-9-21(26)10-22(27)16(12(3)19(25)30-22)17(28-14(5)23)20(21,6)13(15)4/h7,13,15,17,26-27H,8-10H2,1-6H3. The van der Waals surface area contributed by atoms with Crippen molar-refractivity contribution in [1.29, 1.82) is 0 Å². The molecule has 8 heteroatoms. The minimum absolute atomic E-state index is 0.151. The van der Waals surface area contributed by atoms with Gasteiger partial charge in [-0.2, -0.15) is 0 Å². The Bertz CT molecular complexity index is 857. The molecule has 2 saturated carbocycles. The Morgan fingerprint density at radius 2 is 1.87 bits per heavy atom. The molecule has 6 atom stereocenters. The minimum atomic E-state index is -2.04. The van der Waals surface area contributed by atoms with Crippen LogP contribution in [0.5, 0.6) is 0 Å². The van der Waals surface area contributed by atoms with Crippen LogP contribution in [-0.4, -0.2) is 51.7 Å². The first-order chi connectivity index (χ1) is 13.8. The third-order valence-corrected chi connectivity index (χ3v) is 7.38. The predicted molar refractivity (Wildman–Crippen MR) is 105 cm³/mol. The van der Waals surface area contributed by atoms with Crippen LogP contribution in [0.3, 0.4) is 0 Å². The average Bonchev–Trinajstić information content (AvgIpc) is 2.87. The van der Waals surface area contributed by atoms with Crippen LogP contribution in [-0.2, 0) is 28.6 Å². The topological polar surface area (TPSA) is 119 Å². The van der Waals surface area contributed by atoms with Crippen molar-refractivity contribution >= 4 is 17.9 Å². The Balaban J connectivity index is 2.10. The second-order valence-electron chi connectivity index (χ2n) is 8.94. The summed E-state index contributed by atoms with van der Waals surface area (Å²) in [7, 11) is 0. The molecule has 2 aliphatic carbocycles. The van der Waals surface area contributed by atoms with E-state index in [2.05, 4.69) is 0 Å². The summed E-state index contributed by atoms with van der Waals surface area (Å²) >= 11 is 0. The van der Waals surface area contributed by atoms with E-state index in [1.165, 1.54) is 13.8 Å². The zero-order valence-electron chi connectivity index (χ0n) is 18.3. The molecular formula is C22H30O8. The van der Waals surface area contributed by atoms with Crippen molar-refractivity contribution in [2.75, 3.05) is 0 Å². The van der Waals surface area contributed by atoms with Crippen LogP contribution in [0.25, 0.3) is 0 Å². The summed E-state index contributed by atoms with van der Waals surface area (Å²) in [5.74, 6) is -4.28. The van der Waals surface area contributed by atoms with Crippen LogP contribution >= 0.6 is 0 Å². The van der Waals surface area contributed by atoms with Crippen LogP contribution in [0.1, 0.15) is 60.8 Å². The maximum Gasteiger partial charge on any atom is 0.336 e. The number of allylic oxidation sites excluding steroid dienone is 1. The van der Waals surface area contributed by atoms with Gasteiger partial charge in [-0.15, -0.1) is 0 Å². The predicted octanol–water partition coefficient (Wildman–Crippen LogP) is 1.93. The zero-order chi connectivity index (χ0) is 22.6. The summed E-state index contributed by atoms with van der Waals surface area (Å²) in [5.41, 5.74) is -1.88. The first-order valence-corrected chi connectivity index (χ1v) is 10.2. The highest BCUT2D eigenvalue weighted by atomic mass is 16.7. The van der Waals surface area contributed by atoms with Crippen molar-refractivity contribution in [2.24, 2.45) is 11.3 Å². The first-order valence-electron chi connectivity index (χ1n) is 10.2. The highest BCUT2D eigenvalue weighted by molar-refractivity contribution is 5.93. The molecule has 0 radical (unpaired) electrons. The van der Waals surface area contributed by atoms with E-state index in [1.807, 2.05) is 6.92 Å². The Kier molecular flexibility index (Phi) is 5.40. The molecular weight excluding hydrogens is 392 g/mol. The van der Waals surface area contributed by atoms with Gasteiger partial charge >= 0.3 is 17.9 Å². The number of aliphatic hydroxyl groups is 2. The molecule has 3 rings (SSSR count). The number of hydrogen-bond acceptors (Lipinski definition) is 8. The molecule has 0 aromatic rings. The molecule has 1 heterocycles. The van der Waals surface area contributed by atoms with Gasteiger partial charge in [0.05, 0.1) is 11.2 Å². The molecule has 0 spiro atoms. The lowest BCUT2D eigenvalue weighted by Gasteiger charge is -2.61. The Morgan fingerprint density at radius 3 is 2.43 bits per heavy atom. The van der Waals surface area contributed by atoms with Gasteiger partial charge in [-0.25, -0.2) is 9.59 Å². The number of carbonyl (C=O) groups excluding carboxylic acids is 3. The Hall–Kier alpha value is -2.19. The quantitative estimate of drug-likeness (QED) is 0.402. The van der Waals surface area contributed by atoms with Crippen molar-refractivity contribution < 1.29 is 38.8 Å². The summed E-state index contributed by atoms with van der Waals surface area (Å²) in [4.78, 5) is 36.6. The monoisotopic (exact) mass is 422 g/mol. The highest BCUT2D eigenvalue weighted by Gasteiger charge is 2.71. The summed E-state index contributed by atoms with van der Waals surface area (Å²) in [6, 6.07) is 0. The fraction of sp³-hybridized carbons (Fsp3) is 0.682. The van der Waals surface area contributed by atoms with Crippen molar-refractivity contribution in [3.63, 3.8) is 0 Å². The van der Waals surface area contributed by atoms with Gasteiger partial charge in [-0.1, -0.05) is 19.9 Å². The van der Waals surface area contributed by atoms with E-state index >= 15 is 0 Å². The minimum Gasteiger partial charge on any atom is -0.459 e. The van der Waals surface area contributed by atoms with Crippen molar-refractivity contribution in [1.82, 2.24) is 0 Å². The lowest BCUT2D eigenvalue weighted by Crippen LogP contribution is -2.70. The third kappa shape index (κ3) is 3.08. The number of rotatable bonds is 3. The third-order valence-electron chi connectivity index (χ3n) is 7.38. The number of fused-ring (bicyclic) bond motifs is 2. The Morgan fingerprint density at radius 1 is 1.23 bits per heavy atom. The van der Waals surface area contributed by atoms with Crippen LogP contribution in [0, 0.1) is 11.3 Å². The van der Waals surface area contributed by atoms with Crippen molar-refractivity contribution in [2.45, 2.75) is 84.4 Å². The normalized spacial score (nSPS) is 41.0. The van der Waals surface area contributed by atoms with E-state index in [0.717, 1.165) is 0 Å². The van der Waals surface area contributed by atoms with E-state index in [9.17, 15) is 24.6 Å². The smallest absolute Gasteiger partial charge is 0.336 e. The zero-order valence-corrected chi connectivity index (χ0v) is 18.3. The molecule has 0 aromatic carbocycles. The van der Waals surface area contributed by atoms with E-state index in [1.54, 1.807) is 26.8 Å². The molecule has 6 unspecified atom stereocenters. The fourth-order valence-corrected chi connectivity index (χ4v) is 5.25. The second-order valence-corrected chi connectivity index (χ2v) is 8.94. The van der Waals surface area contributed by atoms with Gasteiger partial charge in [0.15, 0.2) is 0 Å². The number of hydrogen-bond donors (Lipinski definition) is 2. The van der Waals surface area contributed by atoms with Crippen molar-refractivity contribution in [3.05, 3.63) is 22.8 Å². The van der Waals surface area contributed by atoms with Gasteiger partial charge in [0.2, 0.25) is 5.79 Å². The van der Waals surface area contributed by atoms with Crippen molar-refractivity contribution in [3.8, 4) is 0 Å². The van der Waals surface area contributed by atoms with E-state index < -0.39 is 52.8 Å². The number of carbonyl (C=O) groups is 3. The lowest BCUT2D eigenvalue weighted by molar-refractivity contribution is -0.285. The van der Waals surface area contributed by atoms with Gasteiger partial charge in [0.1, 0.15) is 12.2 Å². The number of esters is 3. The van der Waals surface area contributed by atoms with Gasteiger partial charge < -0.3 is 24.4 Å². The molecule has 1 aliphatic heterocycles. The van der Waals surface area contributed by atoms with Crippen LogP contribution in [0.15, 0.2) is 22.8 Å². The molecule has 0 aromatic heterocycles. The van der Waals surface area contributed by atoms with Gasteiger partial charge in [-0.05, 0) is 33.6 Å². The Labute approximate surface area is 175 Å². The summed E-state index contributed by atoms with van der Waals surface area (Å²) in [6.45, 7) is 9.69. The SMILES string of the molecule is CC=C(C)C(=O)OC1CCC2(O)CC3(O)OC(=O)C(C)=C3C(OC(C)=O)C2(C)C1C. The molecule has 8 nitrogen and oxygen atoms in total. The highest BCUT2D eigenvalue weighted by Crippen LogP contribution is 2.62. The lowest BCUT2D eigenvalue weighted by atomic mass is 9.49.